The van der Waals surface area contributed by atoms with Gasteiger partial charge in [0.15, 0.2) is 6.67 Å². The Labute approximate surface area is 159 Å². The number of halogens is 1. The molecule has 4 rings (SSSR count). The van der Waals surface area contributed by atoms with Crippen molar-refractivity contribution in [3.8, 4) is 0 Å². The van der Waals surface area contributed by atoms with Crippen LogP contribution in [0.4, 0.5) is 10.1 Å². The van der Waals surface area contributed by atoms with E-state index in [4.69, 9.17) is 0 Å². The highest BCUT2D eigenvalue weighted by atomic mass is 32.2. The van der Waals surface area contributed by atoms with Gasteiger partial charge in [-0.25, -0.2) is 12.8 Å². The molecule has 0 saturated carbocycles. The second-order valence-corrected chi connectivity index (χ2v) is 9.58. The van der Waals surface area contributed by atoms with Crippen molar-refractivity contribution in [2.24, 2.45) is 0 Å². The molecule has 2 aliphatic heterocycles. The van der Waals surface area contributed by atoms with E-state index in [0.29, 0.717) is 36.1 Å². The lowest BCUT2D eigenvalue weighted by Crippen LogP contribution is -3.16. The van der Waals surface area contributed by atoms with Crippen LogP contribution in [0.5, 0.6) is 0 Å². The molecule has 1 saturated heterocycles. The van der Waals surface area contributed by atoms with Crippen molar-refractivity contribution in [2.45, 2.75) is 4.21 Å². The van der Waals surface area contributed by atoms with Crippen LogP contribution in [0.2, 0.25) is 0 Å². The highest BCUT2D eigenvalue weighted by Gasteiger charge is 2.39. The molecule has 1 amide bonds. The maximum Gasteiger partial charge on any atom is 0.303 e. The summed E-state index contributed by atoms with van der Waals surface area (Å²) >= 11 is 1.19. The monoisotopic (exact) mass is 410 g/mol. The van der Waals surface area contributed by atoms with Crippen molar-refractivity contribution < 1.29 is 27.3 Å². The first-order chi connectivity index (χ1) is 12.9. The molecule has 0 unspecified atom stereocenters. The van der Waals surface area contributed by atoms with E-state index in [1.54, 1.807) is 17.5 Å². The van der Waals surface area contributed by atoms with Gasteiger partial charge in [0.2, 0.25) is 0 Å². The topological polar surface area (TPSA) is 79.2 Å². The number of amides is 1. The van der Waals surface area contributed by atoms with Crippen molar-refractivity contribution in [1.82, 2.24) is 4.31 Å². The Morgan fingerprint density at radius 2 is 1.89 bits per heavy atom. The van der Waals surface area contributed by atoms with E-state index < -0.39 is 27.5 Å². The van der Waals surface area contributed by atoms with Gasteiger partial charge in [-0.05, 0) is 29.6 Å². The molecule has 2 aromatic rings. The zero-order chi connectivity index (χ0) is 19.2. The van der Waals surface area contributed by atoms with E-state index in [9.17, 15) is 22.4 Å². The van der Waals surface area contributed by atoms with Gasteiger partial charge in [-0.15, -0.1) is 11.3 Å². The molecule has 27 heavy (non-hydrogen) atoms. The molecule has 0 spiro atoms. The number of fused-ring (bicyclic) bond motifs is 1. The van der Waals surface area contributed by atoms with Crippen molar-refractivity contribution >= 4 is 38.7 Å². The maximum absolute atomic E-state index is 13.4. The third kappa shape index (κ3) is 3.18. The average Bonchev–Trinajstić information content (AvgIpc) is 3.27. The molecule has 0 atom stereocenters. The number of nitrogens with zero attached hydrogens (tertiary/aromatic N) is 2. The van der Waals surface area contributed by atoms with Crippen LogP contribution in [0.3, 0.4) is 0 Å². The number of piperazine rings is 1. The number of nitrogens with one attached hydrogen (secondary N) is 1. The Hall–Kier alpha value is -2.14. The minimum atomic E-state index is -3.48. The van der Waals surface area contributed by atoms with Gasteiger partial charge in [-0.1, -0.05) is 6.07 Å². The number of quaternary nitrogens is 1. The molecular formula is C17H17FN3O4S2+. The Kier molecular flexibility index (Phi) is 4.58. The number of ketones is 1. The number of anilines is 1. The minimum absolute atomic E-state index is 0.0818. The first-order valence-electron chi connectivity index (χ1n) is 8.41. The summed E-state index contributed by atoms with van der Waals surface area (Å²) in [5.41, 5.74) is 0.492. The minimum Gasteiger partial charge on any atom is -0.315 e. The Bertz CT molecular complexity index is 999. The molecule has 0 aliphatic carbocycles. The van der Waals surface area contributed by atoms with Crippen LogP contribution < -0.4 is 9.80 Å². The number of rotatable bonds is 4. The van der Waals surface area contributed by atoms with Gasteiger partial charge in [-0.2, -0.15) is 4.31 Å². The Morgan fingerprint density at radius 1 is 1.15 bits per heavy atom. The van der Waals surface area contributed by atoms with Crippen LogP contribution in [-0.2, 0) is 14.8 Å². The lowest BCUT2D eigenvalue weighted by molar-refractivity contribution is -0.902. The number of sulfonamides is 1. The first-order valence-corrected chi connectivity index (χ1v) is 10.7. The molecular weight excluding hydrogens is 393 g/mol. The summed E-state index contributed by atoms with van der Waals surface area (Å²) in [6.07, 6.45) is 0. The smallest absolute Gasteiger partial charge is 0.303 e. The molecule has 1 aromatic heterocycles. The maximum atomic E-state index is 13.4. The summed E-state index contributed by atoms with van der Waals surface area (Å²) in [6, 6.07) is 7.03. The van der Waals surface area contributed by atoms with Crippen molar-refractivity contribution in [3.05, 3.63) is 47.1 Å². The lowest BCUT2D eigenvalue weighted by atomic mass is 10.1. The summed E-state index contributed by atoms with van der Waals surface area (Å²) < 4.78 is 40.3. The standard InChI is InChI=1S/C17H16FN3O4S2/c18-12-3-4-14-13(10-12)16(22)17(23)21(14)11-19-5-7-20(8-6-19)27(24,25)15-2-1-9-26-15/h1-4,9-10H,5-8,11H2/p+1. The number of hydrogen-bond donors (Lipinski definition) is 1. The molecule has 1 aromatic carbocycles. The summed E-state index contributed by atoms with van der Waals surface area (Å²) in [7, 11) is -3.48. The highest BCUT2D eigenvalue weighted by molar-refractivity contribution is 7.91. The van der Waals surface area contributed by atoms with E-state index in [1.807, 2.05) is 0 Å². The first kappa shape index (κ1) is 18.2. The Balaban J connectivity index is 1.45. The normalized spacial score (nSPS) is 18.9. The Morgan fingerprint density at radius 3 is 2.56 bits per heavy atom. The van der Waals surface area contributed by atoms with Gasteiger partial charge in [0.05, 0.1) is 37.4 Å². The summed E-state index contributed by atoms with van der Waals surface area (Å²) in [5, 5.41) is 1.73. The highest BCUT2D eigenvalue weighted by Crippen LogP contribution is 2.28. The van der Waals surface area contributed by atoms with E-state index in [2.05, 4.69) is 0 Å². The number of carbonyl (C=O) groups is 2. The predicted molar refractivity (Wildman–Crippen MR) is 96.9 cm³/mol. The van der Waals surface area contributed by atoms with Crippen LogP contribution in [-0.4, -0.2) is 57.3 Å². The van der Waals surface area contributed by atoms with Crippen LogP contribution >= 0.6 is 11.3 Å². The molecule has 1 fully saturated rings. The van der Waals surface area contributed by atoms with Gasteiger partial charge in [0.1, 0.15) is 10.0 Å². The van der Waals surface area contributed by atoms with Crippen LogP contribution in [0.1, 0.15) is 10.4 Å². The second kappa shape index (κ2) is 6.79. The third-order valence-electron chi connectivity index (χ3n) is 4.83. The second-order valence-electron chi connectivity index (χ2n) is 6.47. The number of benzene rings is 1. The fourth-order valence-corrected chi connectivity index (χ4v) is 5.98. The molecule has 2 aliphatic rings. The molecule has 142 valence electrons. The van der Waals surface area contributed by atoms with E-state index in [1.165, 1.54) is 32.7 Å². The molecule has 1 N–H and O–H groups in total. The van der Waals surface area contributed by atoms with Gasteiger partial charge in [0, 0.05) is 0 Å². The van der Waals surface area contributed by atoms with E-state index in [0.717, 1.165) is 11.0 Å². The predicted octanol–water partition coefficient (Wildman–Crippen LogP) is -0.0366. The zero-order valence-corrected chi connectivity index (χ0v) is 15.9. The zero-order valence-electron chi connectivity index (χ0n) is 14.2. The largest absolute Gasteiger partial charge is 0.315 e. The summed E-state index contributed by atoms with van der Waals surface area (Å²) in [5.74, 6) is -1.93. The van der Waals surface area contributed by atoms with Crippen molar-refractivity contribution in [1.29, 1.82) is 0 Å². The summed E-state index contributed by atoms with van der Waals surface area (Å²) in [6.45, 7) is 1.94. The number of carbonyl (C=O) groups excluding carboxylic acids is 2. The number of thiophene rings is 1. The quantitative estimate of drug-likeness (QED) is 0.718. The number of hydrogen-bond acceptors (Lipinski definition) is 5. The fourth-order valence-electron chi connectivity index (χ4n) is 3.39. The van der Waals surface area contributed by atoms with E-state index in [-0.39, 0.29) is 12.2 Å². The van der Waals surface area contributed by atoms with Crippen LogP contribution in [0.25, 0.3) is 0 Å². The number of Topliss-reactive ketones (excluding diaryl/α,β-unsaturated/α-hetero) is 1. The van der Waals surface area contributed by atoms with Gasteiger partial charge in [-0.3, -0.25) is 14.5 Å². The molecule has 0 radical (unpaired) electrons. The summed E-state index contributed by atoms with van der Waals surface area (Å²) in [4.78, 5) is 26.7. The molecule has 0 bridgehead atoms. The van der Waals surface area contributed by atoms with Crippen molar-refractivity contribution in [3.63, 3.8) is 0 Å². The fraction of sp³-hybridized carbons (Fsp3) is 0.294. The van der Waals surface area contributed by atoms with Gasteiger partial charge in [0.25, 0.3) is 15.8 Å². The van der Waals surface area contributed by atoms with Gasteiger partial charge < -0.3 is 4.90 Å². The lowest BCUT2D eigenvalue weighted by Gasteiger charge is -2.33. The van der Waals surface area contributed by atoms with Crippen LogP contribution in [0, 0.1) is 5.82 Å². The molecule has 10 heteroatoms. The molecule has 3 heterocycles. The molecule has 7 nitrogen and oxygen atoms in total. The van der Waals surface area contributed by atoms with Gasteiger partial charge >= 0.3 is 5.91 Å². The SMILES string of the molecule is O=C1C(=O)N(C[NH+]2CCN(S(=O)(=O)c3cccs3)CC2)c2ccc(F)cc21. The van der Waals surface area contributed by atoms with Crippen LogP contribution in [0.15, 0.2) is 39.9 Å². The van der Waals surface area contributed by atoms with Crippen molar-refractivity contribution in [2.75, 3.05) is 37.7 Å². The van der Waals surface area contributed by atoms with E-state index >= 15 is 0 Å². The third-order valence-corrected chi connectivity index (χ3v) is 8.11. The average molecular weight is 410 g/mol.